The minimum Gasteiger partial charge on any atom is -0.269 e. The molecule has 0 aliphatic heterocycles. The molecular formula is C4H12F4SSi. The molecule has 0 fully saturated rings. The summed E-state index contributed by atoms with van der Waals surface area (Å²) in [6, 6.07) is 4.04. The molecule has 0 atom stereocenters. The van der Waals surface area contributed by atoms with Crippen LogP contribution in [-0.2, 0) is 0 Å². The molecule has 0 amide bonds. The molecule has 0 aromatic carbocycles. The van der Waals surface area contributed by atoms with Gasteiger partial charge in [-0.05, 0) is 21.7 Å². The average molecular weight is 196 g/mol. The summed E-state index contributed by atoms with van der Waals surface area (Å²) in [4.78, 5) is 0. The molecule has 0 nitrogen and oxygen atoms in total. The molecule has 0 saturated heterocycles. The number of thiophene rings is 1. The zero-order valence-corrected chi connectivity index (χ0v) is 5.17. The molecule has 1 aromatic heterocycles. The van der Waals surface area contributed by atoms with E-state index in [2.05, 4.69) is 0 Å². The maximum Gasteiger partial charge on any atom is -0.00934 e. The zero-order valence-electron chi connectivity index (χ0n) is 4.35. The molecule has 0 bridgehead atoms. The highest BCUT2D eigenvalue weighted by Gasteiger charge is 1.58. The van der Waals surface area contributed by atoms with Crippen molar-refractivity contribution in [1.82, 2.24) is 0 Å². The van der Waals surface area contributed by atoms with Crippen LogP contribution in [0.3, 0.4) is 0 Å². The van der Waals surface area contributed by atoms with Crippen molar-refractivity contribution >= 4 is 22.3 Å². The number of halogens is 4. The summed E-state index contributed by atoms with van der Waals surface area (Å²) in [6.07, 6.45) is 0. The molecule has 0 spiro atoms. The third-order valence-corrected chi connectivity index (χ3v) is 1.05. The summed E-state index contributed by atoms with van der Waals surface area (Å²) in [5.41, 5.74) is 0. The zero-order chi connectivity index (χ0) is 3.54. The molecule has 0 radical (unpaired) electrons. The molecule has 1 rings (SSSR count). The van der Waals surface area contributed by atoms with Crippen molar-refractivity contribution in [3.63, 3.8) is 0 Å². The van der Waals surface area contributed by atoms with Crippen LogP contribution in [0, 0.1) is 0 Å². The van der Waals surface area contributed by atoms with Gasteiger partial charge in [0.15, 0.2) is 0 Å². The van der Waals surface area contributed by atoms with Crippen LogP contribution in [0.4, 0.5) is 18.8 Å². The Kier molecular flexibility index (Phi) is 78.3. The highest BCUT2D eigenvalue weighted by atomic mass is 32.1. The van der Waals surface area contributed by atoms with E-state index in [9.17, 15) is 0 Å². The van der Waals surface area contributed by atoms with Gasteiger partial charge in [0.05, 0.1) is 0 Å². The Hall–Kier alpha value is -0.363. The van der Waals surface area contributed by atoms with E-state index in [1.165, 1.54) is 0 Å². The predicted molar refractivity (Wildman–Crippen MR) is 45.7 cm³/mol. The van der Waals surface area contributed by atoms with Crippen LogP contribution < -0.4 is 0 Å². The van der Waals surface area contributed by atoms with Crippen LogP contribution >= 0.6 is 11.3 Å². The van der Waals surface area contributed by atoms with Gasteiger partial charge in [0, 0.05) is 0 Å². The number of hydrogen-bond acceptors (Lipinski definition) is 1. The summed E-state index contributed by atoms with van der Waals surface area (Å²) in [5.74, 6) is 0. The highest BCUT2D eigenvalue weighted by molar-refractivity contribution is 7.07. The Bertz CT molecular complexity index is 73.7. The van der Waals surface area contributed by atoms with Crippen LogP contribution in [0.5, 0.6) is 0 Å². The van der Waals surface area contributed by atoms with Gasteiger partial charge in [0.2, 0.25) is 0 Å². The van der Waals surface area contributed by atoms with Crippen molar-refractivity contribution in [3.8, 4) is 0 Å². The quantitative estimate of drug-likeness (QED) is 0.427. The second-order valence-electron chi connectivity index (χ2n) is 0.793. The van der Waals surface area contributed by atoms with Crippen LogP contribution in [0.15, 0.2) is 22.9 Å². The van der Waals surface area contributed by atoms with Crippen LogP contribution in [-0.4, -0.2) is 11.0 Å². The maximum atomic E-state index is 2.04. The van der Waals surface area contributed by atoms with E-state index in [-0.39, 0.29) is 29.8 Å². The monoisotopic (exact) mass is 196 g/mol. The predicted octanol–water partition coefficient (Wildman–Crippen LogP) is 0.906. The fraction of sp³-hybridized carbons (Fsp3) is 0. The molecule has 6 heteroatoms. The van der Waals surface area contributed by atoms with Crippen LogP contribution in [0.1, 0.15) is 0 Å². The first-order chi connectivity index (χ1) is 2.50. The van der Waals surface area contributed by atoms with E-state index in [4.69, 9.17) is 0 Å². The van der Waals surface area contributed by atoms with Gasteiger partial charge in [0.1, 0.15) is 0 Å². The molecule has 1 aromatic rings. The minimum absolute atomic E-state index is 0. The van der Waals surface area contributed by atoms with Crippen molar-refractivity contribution in [2.45, 2.75) is 0 Å². The van der Waals surface area contributed by atoms with Gasteiger partial charge in [0.25, 0.3) is 0 Å². The first-order valence-electron chi connectivity index (χ1n) is 1.47. The lowest BCUT2D eigenvalue weighted by molar-refractivity contribution is 1.11. The summed E-state index contributed by atoms with van der Waals surface area (Å²) < 4.78 is 0. The Morgan fingerprint density at radius 3 is 1.10 bits per heavy atom. The smallest absolute Gasteiger partial charge is 0.00934 e. The highest BCUT2D eigenvalue weighted by Crippen LogP contribution is 1.91. The topological polar surface area (TPSA) is 0 Å². The van der Waals surface area contributed by atoms with Crippen molar-refractivity contribution in [2.24, 2.45) is 0 Å². The van der Waals surface area contributed by atoms with Gasteiger partial charge in [-0.25, -0.2) is 0 Å². The van der Waals surface area contributed by atoms with Crippen LogP contribution in [0.2, 0.25) is 0 Å². The molecule has 1 heterocycles. The van der Waals surface area contributed by atoms with E-state index in [1.54, 1.807) is 11.3 Å². The molecule has 0 saturated carbocycles. The van der Waals surface area contributed by atoms with Crippen molar-refractivity contribution < 1.29 is 18.8 Å². The lowest BCUT2D eigenvalue weighted by Gasteiger charge is -1.39. The molecule has 0 N–H and O–H groups in total. The van der Waals surface area contributed by atoms with Gasteiger partial charge in [-0.15, -0.1) is 0 Å². The van der Waals surface area contributed by atoms with Gasteiger partial charge >= 0.3 is 0 Å². The molecular weight excluding hydrogens is 184 g/mol. The fourth-order valence-electron chi connectivity index (χ4n) is 0.227. The van der Waals surface area contributed by atoms with Gasteiger partial charge in [-0.1, -0.05) is 12.1 Å². The van der Waals surface area contributed by atoms with E-state index < -0.39 is 0 Å². The lowest BCUT2D eigenvalue weighted by Crippen LogP contribution is -1.16. The van der Waals surface area contributed by atoms with Gasteiger partial charge < -0.3 is 0 Å². The third kappa shape index (κ3) is 15.6. The summed E-state index contributed by atoms with van der Waals surface area (Å²) >= 11 is 1.71. The first kappa shape index (κ1) is 33.4. The first-order valence-corrected chi connectivity index (χ1v) is 2.41. The van der Waals surface area contributed by atoms with E-state index >= 15 is 0 Å². The van der Waals surface area contributed by atoms with E-state index in [0.29, 0.717) is 0 Å². The Morgan fingerprint density at radius 2 is 1.00 bits per heavy atom. The van der Waals surface area contributed by atoms with E-state index in [0.717, 1.165) is 0 Å². The van der Waals surface area contributed by atoms with Crippen LogP contribution in [0.25, 0.3) is 0 Å². The maximum absolute atomic E-state index is 2.04. The second kappa shape index (κ2) is 23.4. The minimum atomic E-state index is 0. The fourth-order valence-corrected chi connectivity index (χ4v) is 0.680. The number of hydrogen-bond donors (Lipinski definition) is 0. The average Bonchev–Trinajstić information content (AvgIpc) is 1.76. The summed E-state index contributed by atoms with van der Waals surface area (Å²) in [6.45, 7) is 0. The SMILES string of the molecule is F.F.F.F.[SiH4].c1ccsc1. The molecule has 0 aliphatic rings. The standard InChI is InChI=1S/C4H4S.4FH.H4Si/c1-2-4-5-3-1;;;;;/h1-4H;4*1H;1H4. The summed E-state index contributed by atoms with van der Waals surface area (Å²) in [5, 5.41) is 4.08. The molecule has 0 aliphatic carbocycles. The largest absolute Gasteiger partial charge is 0.269 e. The second-order valence-corrected chi connectivity index (χ2v) is 1.61. The molecule has 66 valence electrons. The van der Waals surface area contributed by atoms with Gasteiger partial charge in [-0.3, -0.25) is 18.8 Å². The summed E-state index contributed by atoms with van der Waals surface area (Å²) in [7, 11) is 0. The normalized spacial score (nSPS) is 4.00. The van der Waals surface area contributed by atoms with E-state index in [1.807, 2.05) is 22.9 Å². The third-order valence-electron chi connectivity index (χ3n) is 0.425. The van der Waals surface area contributed by atoms with Crippen molar-refractivity contribution in [2.75, 3.05) is 0 Å². The molecule has 0 unspecified atom stereocenters. The van der Waals surface area contributed by atoms with Gasteiger partial charge in [-0.2, -0.15) is 11.3 Å². The Labute approximate surface area is 64.8 Å². The lowest BCUT2D eigenvalue weighted by atomic mass is 10.7. The van der Waals surface area contributed by atoms with Crippen molar-refractivity contribution in [3.05, 3.63) is 22.9 Å². The van der Waals surface area contributed by atoms with Crippen molar-refractivity contribution in [1.29, 1.82) is 0 Å². The number of rotatable bonds is 0. The Morgan fingerprint density at radius 1 is 0.700 bits per heavy atom. The Balaban J connectivity index is -0.0000000167. The molecule has 10 heavy (non-hydrogen) atoms.